The molecule has 0 saturated carbocycles. The molecule has 3 nitrogen and oxygen atoms in total. The number of carbonyl (C=O) groups is 1. The number of carbonyl (C=O) groups excluding carboxylic acids is 1. The summed E-state index contributed by atoms with van der Waals surface area (Å²) in [5.41, 5.74) is 7.98. The minimum Gasteiger partial charge on any atom is -0.368 e. The zero-order chi connectivity index (χ0) is 15.3. The van der Waals surface area contributed by atoms with Gasteiger partial charge in [-0.2, -0.15) is 0 Å². The van der Waals surface area contributed by atoms with Crippen LogP contribution in [0.5, 0.6) is 0 Å². The molecule has 20 heavy (non-hydrogen) atoms. The fourth-order valence-electron chi connectivity index (χ4n) is 2.38. The molecule has 2 atom stereocenters. The number of primary amides is 1. The van der Waals surface area contributed by atoms with Crippen LogP contribution in [0.2, 0.25) is 0 Å². The van der Waals surface area contributed by atoms with Gasteiger partial charge in [-0.3, -0.25) is 10.1 Å². The summed E-state index contributed by atoms with van der Waals surface area (Å²) in [4.78, 5) is 11.4. The Hall–Kier alpha value is -1.35. The average molecular weight is 276 g/mol. The molecular weight excluding hydrogens is 248 g/mol. The molecule has 1 rings (SSSR count). The molecule has 2 unspecified atom stereocenters. The Morgan fingerprint density at radius 1 is 1.10 bits per heavy atom. The second kappa shape index (κ2) is 7.44. The first-order valence-corrected chi connectivity index (χ1v) is 7.45. The van der Waals surface area contributed by atoms with Crippen LogP contribution < -0.4 is 11.1 Å². The quantitative estimate of drug-likeness (QED) is 0.804. The van der Waals surface area contributed by atoms with Gasteiger partial charge in [-0.05, 0) is 36.3 Å². The number of benzene rings is 1. The highest BCUT2D eigenvalue weighted by Gasteiger charge is 2.21. The van der Waals surface area contributed by atoms with E-state index in [0.717, 1.165) is 6.42 Å². The summed E-state index contributed by atoms with van der Waals surface area (Å²) in [5, 5.41) is 3.32. The van der Waals surface area contributed by atoms with Gasteiger partial charge in [-0.25, -0.2) is 0 Å². The van der Waals surface area contributed by atoms with Crippen LogP contribution in [0, 0.1) is 11.8 Å². The summed E-state index contributed by atoms with van der Waals surface area (Å²) in [5.74, 6) is 0.565. The molecule has 0 radical (unpaired) electrons. The van der Waals surface area contributed by atoms with Crippen LogP contribution in [0.4, 0.5) is 0 Å². The van der Waals surface area contributed by atoms with E-state index in [1.807, 2.05) is 13.8 Å². The second-order valence-corrected chi connectivity index (χ2v) is 6.35. The van der Waals surface area contributed by atoms with Gasteiger partial charge in [0.2, 0.25) is 5.91 Å². The van der Waals surface area contributed by atoms with Crippen molar-refractivity contribution in [2.75, 3.05) is 0 Å². The lowest BCUT2D eigenvalue weighted by molar-refractivity contribution is -0.121. The van der Waals surface area contributed by atoms with E-state index in [9.17, 15) is 4.79 Å². The van der Waals surface area contributed by atoms with Crippen LogP contribution in [0.25, 0.3) is 0 Å². The van der Waals surface area contributed by atoms with Crippen molar-refractivity contribution < 1.29 is 4.79 Å². The SMILES string of the molecule is CC(C)Cc1ccc(C(C)NC(C(N)=O)C(C)C)cc1. The summed E-state index contributed by atoms with van der Waals surface area (Å²) in [7, 11) is 0. The van der Waals surface area contributed by atoms with Gasteiger partial charge in [0.05, 0.1) is 6.04 Å². The first kappa shape index (κ1) is 16.7. The number of nitrogens with two attached hydrogens (primary N) is 1. The molecule has 3 heteroatoms. The second-order valence-electron chi connectivity index (χ2n) is 6.35. The van der Waals surface area contributed by atoms with E-state index in [0.29, 0.717) is 5.92 Å². The Morgan fingerprint density at radius 2 is 1.65 bits per heavy atom. The van der Waals surface area contributed by atoms with Crippen molar-refractivity contribution in [3.05, 3.63) is 35.4 Å². The molecule has 0 saturated heterocycles. The molecule has 112 valence electrons. The molecule has 0 aliphatic carbocycles. The molecule has 0 fully saturated rings. The molecule has 0 aromatic heterocycles. The highest BCUT2D eigenvalue weighted by atomic mass is 16.1. The van der Waals surface area contributed by atoms with Crippen LogP contribution in [0.3, 0.4) is 0 Å². The Balaban J connectivity index is 2.72. The van der Waals surface area contributed by atoms with Gasteiger partial charge in [0.25, 0.3) is 0 Å². The fourth-order valence-corrected chi connectivity index (χ4v) is 2.38. The van der Waals surface area contributed by atoms with E-state index in [-0.39, 0.29) is 23.9 Å². The molecule has 0 aliphatic rings. The van der Waals surface area contributed by atoms with E-state index in [1.54, 1.807) is 0 Å². The smallest absolute Gasteiger partial charge is 0.234 e. The van der Waals surface area contributed by atoms with Gasteiger partial charge >= 0.3 is 0 Å². The van der Waals surface area contributed by atoms with E-state index >= 15 is 0 Å². The third-order valence-corrected chi connectivity index (χ3v) is 3.53. The van der Waals surface area contributed by atoms with Crippen molar-refractivity contribution >= 4 is 5.91 Å². The fraction of sp³-hybridized carbons (Fsp3) is 0.588. The van der Waals surface area contributed by atoms with Crippen LogP contribution in [-0.4, -0.2) is 11.9 Å². The maximum Gasteiger partial charge on any atom is 0.234 e. The van der Waals surface area contributed by atoms with Gasteiger partial charge < -0.3 is 5.73 Å². The lowest BCUT2D eigenvalue weighted by atomic mass is 9.98. The van der Waals surface area contributed by atoms with E-state index in [1.165, 1.54) is 11.1 Å². The van der Waals surface area contributed by atoms with E-state index in [2.05, 4.69) is 50.4 Å². The maximum atomic E-state index is 11.4. The normalized spacial score (nSPS) is 14.6. The number of hydrogen-bond acceptors (Lipinski definition) is 2. The molecule has 1 amide bonds. The highest BCUT2D eigenvalue weighted by Crippen LogP contribution is 2.17. The highest BCUT2D eigenvalue weighted by molar-refractivity contribution is 5.80. The molecule has 1 aromatic carbocycles. The summed E-state index contributed by atoms with van der Waals surface area (Å²) in [6.07, 6.45) is 1.10. The predicted octanol–water partition coefficient (Wildman–Crippen LogP) is 3.05. The van der Waals surface area contributed by atoms with E-state index < -0.39 is 0 Å². The summed E-state index contributed by atoms with van der Waals surface area (Å²) >= 11 is 0. The molecule has 0 heterocycles. The third kappa shape index (κ3) is 4.97. The zero-order valence-corrected chi connectivity index (χ0v) is 13.3. The minimum absolute atomic E-state index is 0.114. The molecule has 0 aliphatic heterocycles. The standard InChI is InChI=1S/C17H28N2O/c1-11(2)10-14-6-8-15(9-7-14)13(5)19-16(12(3)4)17(18)20/h6-9,11-13,16,19H,10H2,1-5H3,(H2,18,20). The topological polar surface area (TPSA) is 55.1 Å². The Morgan fingerprint density at radius 3 is 2.05 bits per heavy atom. The number of amides is 1. The molecule has 1 aromatic rings. The lowest BCUT2D eigenvalue weighted by Crippen LogP contribution is -2.45. The van der Waals surface area contributed by atoms with Crippen LogP contribution in [0.1, 0.15) is 51.8 Å². The Kier molecular flexibility index (Phi) is 6.21. The van der Waals surface area contributed by atoms with Crippen LogP contribution in [-0.2, 0) is 11.2 Å². The summed E-state index contributed by atoms with van der Waals surface area (Å²) < 4.78 is 0. The monoisotopic (exact) mass is 276 g/mol. The molecule has 0 bridgehead atoms. The van der Waals surface area contributed by atoms with Gasteiger partial charge in [0, 0.05) is 6.04 Å². The molecule has 3 N–H and O–H groups in total. The zero-order valence-electron chi connectivity index (χ0n) is 13.3. The number of rotatable bonds is 7. The first-order chi connectivity index (χ1) is 9.31. The van der Waals surface area contributed by atoms with Crippen molar-refractivity contribution in [2.24, 2.45) is 17.6 Å². The first-order valence-electron chi connectivity index (χ1n) is 7.45. The van der Waals surface area contributed by atoms with Crippen molar-refractivity contribution in [3.8, 4) is 0 Å². The summed E-state index contributed by atoms with van der Waals surface area (Å²) in [6, 6.07) is 8.43. The molecular formula is C17H28N2O. The van der Waals surface area contributed by atoms with Gasteiger partial charge in [0.15, 0.2) is 0 Å². The van der Waals surface area contributed by atoms with Crippen molar-refractivity contribution in [1.29, 1.82) is 0 Å². The van der Waals surface area contributed by atoms with Gasteiger partial charge in [-0.15, -0.1) is 0 Å². The largest absolute Gasteiger partial charge is 0.368 e. The number of hydrogen-bond donors (Lipinski definition) is 2. The molecule has 0 spiro atoms. The maximum absolute atomic E-state index is 11.4. The third-order valence-electron chi connectivity index (χ3n) is 3.53. The Bertz CT molecular complexity index is 423. The van der Waals surface area contributed by atoms with Crippen LogP contribution >= 0.6 is 0 Å². The van der Waals surface area contributed by atoms with E-state index in [4.69, 9.17) is 5.73 Å². The average Bonchev–Trinajstić information content (AvgIpc) is 2.35. The minimum atomic E-state index is -0.291. The Labute approximate surface area is 122 Å². The number of nitrogens with one attached hydrogen (secondary N) is 1. The summed E-state index contributed by atoms with van der Waals surface area (Å²) in [6.45, 7) is 10.5. The van der Waals surface area contributed by atoms with Crippen LogP contribution in [0.15, 0.2) is 24.3 Å². The lowest BCUT2D eigenvalue weighted by Gasteiger charge is -2.24. The van der Waals surface area contributed by atoms with Crippen molar-refractivity contribution in [3.63, 3.8) is 0 Å². The predicted molar refractivity (Wildman–Crippen MR) is 84.4 cm³/mol. The van der Waals surface area contributed by atoms with Gasteiger partial charge in [-0.1, -0.05) is 52.0 Å². The van der Waals surface area contributed by atoms with Gasteiger partial charge in [0.1, 0.15) is 0 Å². The van der Waals surface area contributed by atoms with Crippen molar-refractivity contribution in [2.45, 2.75) is 53.1 Å². The van der Waals surface area contributed by atoms with Crippen molar-refractivity contribution in [1.82, 2.24) is 5.32 Å².